The van der Waals surface area contributed by atoms with Gasteiger partial charge in [-0.25, -0.2) is 0 Å². The molecule has 4 N–H and O–H groups in total. The molecule has 0 radical (unpaired) electrons. The van der Waals surface area contributed by atoms with Gasteiger partial charge in [-0.2, -0.15) is 0 Å². The van der Waals surface area contributed by atoms with Crippen LogP contribution in [0.25, 0.3) is 0 Å². The van der Waals surface area contributed by atoms with Crippen LogP contribution in [0.2, 0.25) is 0 Å². The van der Waals surface area contributed by atoms with Crippen LogP contribution in [-0.4, -0.2) is 6.54 Å². The average molecular weight is 291 g/mol. The fourth-order valence-corrected chi connectivity index (χ4v) is 2.13. The Kier molecular flexibility index (Phi) is 5.41. The minimum Gasteiger partial charge on any atom is -0.489 e. The van der Waals surface area contributed by atoms with Crippen LogP contribution in [0.5, 0.6) is 5.75 Å². The third-order valence-corrected chi connectivity index (χ3v) is 3.43. The van der Waals surface area contributed by atoms with Crippen LogP contribution in [0.4, 0.5) is 0 Å². The zero-order chi connectivity index (χ0) is 14.4. The van der Waals surface area contributed by atoms with Crippen molar-refractivity contribution >= 4 is 11.6 Å². The smallest absolute Gasteiger partial charge is 0.124 e. The molecule has 3 nitrogen and oxygen atoms in total. The quantitative estimate of drug-likeness (QED) is 0.804. The Labute approximate surface area is 124 Å². The number of benzene rings is 2. The van der Waals surface area contributed by atoms with E-state index in [1.165, 1.54) is 0 Å². The molecular formula is C16H19ClN2O. The number of halogens is 1. The Morgan fingerprint density at radius 1 is 1.05 bits per heavy atom. The zero-order valence-electron chi connectivity index (χ0n) is 11.3. The molecule has 4 heteroatoms. The monoisotopic (exact) mass is 290 g/mol. The van der Waals surface area contributed by atoms with E-state index in [1.807, 2.05) is 48.5 Å². The van der Waals surface area contributed by atoms with Gasteiger partial charge >= 0.3 is 0 Å². The molecule has 0 heterocycles. The maximum atomic E-state index is 6.04. The van der Waals surface area contributed by atoms with Crippen molar-refractivity contribution in [2.24, 2.45) is 11.5 Å². The molecule has 106 valence electrons. The number of rotatable bonds is 6. The summed E-state index contributed by atoms with van der Waals surface area (Å²) >= 11 is 5.86. The van der Waals surface area contributed by atoms with E-state index in [-0.39, 0.29) is 6.04 Å². The summed E-state index contributed by atoms with van der Waals surface area (Å²) in [6.45, 7) is 0.874. The number of hydrogen-bond donors (Lipinski definition) is 2. The second kappa shape index (κ2) is 7.29. The molecule has 1 unspecified atom stereocenters. The van der Waals surface area contributed by atoms with E-state index in [1.54, 1.807) is 0 Å². The molecule has 0 spiro atoms. The summed E-state index contributed by atoms with van der Waals surface area (Å²) in [5, 5.41) is 0. The van der Waals surface area contributed by atoms with Crippen LogP contribution in [0, 0.1) is 0 Å². The summed E-state index contributed by atoms with van der Waals surface area (Å²) in [5.41, 5.74) is 14.7. The second-order valence-electron chi connectivity index (χ2n) is 4.62. The van der Waals surface area contributed by atoms with Crippen LogP contribution in [0.1, 0.15) is 22.7 Å². The molecule has 0 saturated heterocycles. The lowest BCUT2D eigenvalue weighted by Gasteiger charge is -2.17. The highest BCUT2D eigenvalue weighted by atomic mass is 35.5. The number of nitrogens with two attached hydrogens (primary N) is 2. The van der Waals surface area contributed by atoms with E-state index in [9.17, 15) is 0 Å². The summed E-state index contributed by atoms with van der Waals surface area (Å²) in [6.07, 6.45) is 0. The molecule has 2 aromatic rings. The fraction of sp³-hybridized carbons (Fsp3) is 0.250. The molecule has 2 aromatic carbocycles. The topological polar surface area (TPSA) is 61.3 Å². The SMILES string of the molecule is NCC(N)c1cc(CCl)ccc1OCc1ccccc1. The van der Waals surface area contributed by atoms with Gasteiger partial charge in [-0.3, -0.25) is 0 Å². The minimum absolute atomic E-state index is 0.246. The average Bonchev–Trinajstić information content (AvgIpc) is 2.53. The normalized spacial score (nSPS) is 12.2. The summed E-state index contributed by atoms with van der Waals surface area (Å²) in [4.78, 5) is 0. The van der Waals surface area contributed by atoms with Crippen LogP contribution < -0.4 is 16.2 Å². The zero-order valence-corrected chi connectivity index (χ0v) is 12.0. The van der Waals surface area contributed by atoms with Crippen molar-refractivity contribution < 1.29 is 4.74 Å². The largest absolute Gasteiger partial charge is 0.489 e. The molecule has 0 saturated carbocycles. The van der Waals surface area contributed by atoms with Gasteiger partial charge in [0.1, 0.15) is 12.4 Å². The van der Waals surface area contributed by atoms with Gasteiger partial charge in [0.05, 0.1) is 0 Å². The predicted octanol–water partition coefficient (Wildman–Crippen LogP) is 2.96. The Morgan fingerprint density at radius 2 is 1.80 bits per heavy atom. The first-order chi connectivity index (χ1) is 9.74. The van der Waals surface area contributed by atoms with Gasteiger partial charge in [0.2, 0.25) is 0 Å². The van der Waals surface area contributed by atoms with Crippen molar-refractivity contribution in [3.8, 4) is 5.75 Å². The molecule has 0 aliphatic rings. The van der Waals surface area contributed by atoms with Crippen LogP contribution in [0.15, 0.2) is 48.5 Å². The molecule has 0 amide bonds. The Bertz CT molecular complexity index is 545. The second-order valence-corrected chi connectivity index (χ2v) is 4.89. The molecule has 1 atom stereocenters. The number of alkyl halides is 1. The molecule has 20 heavy (non-hydrogen) atoms. The van der Waals surface area contributed by atoms with Gasteiger partial charge in [0.15, 0.2) is 0 Å². The highest BCUT2D eigenvalue weighted by molar-refractivity contribution is 6.17. The van der Waals surface area contributed by atoms with E-state index in [0.717, 1.165) is 22.4 Å². The molecule has 2 rings (SSSR count). The third-order valence-electron chi connectivity index (χ3n) is 3.12. The van der Waals surface area contributed by atoms with Crippen LogP contribution in [-0.2, 0) is 12.5 Å². The molecular weight excluding hydrogens is 272 g/mol. The van der Waals surface area contributed by atoms with E-state index >= 15 is 0 Å². The van der Waals surface area contributed by atoms with Gasteiger partial charge < -0.3 is 16.2 Å². The summed E-state index contributed by atoms with van der Waals surface area (Å²) in [7, 11) is 0. The van der Waals surface area contributed by atoms with E-state index in [4.69, 9.17) is 27.8 Å². The standard InChI is InChI=1S/C16H19ClN2O/c17-9-13-6-7-16(14(8-13)15(19)10-18)20-11-12-4-2-1-3-5-12/h1-8,15H,9-11,18-19H2. The van der Waals surface area contributed by atoms with Gasteiger partial charge in [-0.15, -0.1) is 11.6 Å². The Balaban J connectivity index is 2.17. The first-order valence-electron chi connectivity index (χ1n) is 6.55. The van der Waals surface area contributed by atoms with Crippen molar-refractivity contribution in [3.05, 3.63) is 65.2 Å². The number of ether oxygens (including phenoxy) is 1. The fourth-order valence-electron chi connectivity index (χ4n) is 1.96. The molecule has 0 aromatic heterocycles. The lowest BCUT2D eigenvalue weighted by atomic mass is 10.0. The summed E-state index contributed by atoms with van der Waals surface area (Å²) in [6, 6.07) is 15.6. The first-order valence-corrected chi connectivity index (χ1v) is 7.09. The van der Waals surface area contributed by atoms with E-state index in [0.29, 0.717) is 19.0 Å². The van der Waals surface area contributed by atoms with E-state index < -0.39 is 0 Å². The van der Waals surface area contributed by atoms with E-state index in [2.05, 4.69) is 0 Å². The highest BCUT2D eigenvalue weighted by Gasteiger charge is 2.12. The van der Waals surface area contributed by atoms with Gasteiger partial charge in [-0.05, 0) is 23.3 Å². The third kappa shape index (κ3) is 3.73. The molecule has 0 aliphatic carbocycles. The predicted molar refractivity (Wildman–Crippen MR) is 82.8 cm³/mol. The lowest BCUT2D eigenvalue weighted by Crippen LogP contribution is -2.21. The lowest BCUT2D eigenvalue weighted by molar-refractivity contribution is 0.301. The maximum absolute atomic E-state index is 6.04. The van der Waals surface area contributed by atoms with Crippen LogP contribution >= 0.6 is 11.6 Å². The maximum Gasteiger partial charge on any atom is 0.124 e. The van der Waals surface area contributed by atoms with Gasteiger partial charge in [0, 0.05) is 24.0 Å². The highest BCUT2D eigenvalue weighted by Crippen LogP contribution is 2.26. The van der Waals surface area contributed by atoms with Crippen molar-refractivity contribution in [3.63, 3.8) is 0 Å². The Morgan fingerprint density at radius 3 is 2.45 bits per heavy atom. The van der Waals surface area contributed by atoms with Crippen molar-refractivity contribution in [2.75, 3.05) is 6.54 Å². The van der Waals surface area contributed by atoms with Gasteiger partial charge in [-0.1, -0.05) is 36.4 Å². The number of hydrogen-bond acceptors (Lipinski definition) is 3. The van der Waals surface area contributed by atoms with Crippen molar-refractivity contribution in [2.45, 2.75) is 18.5 Å². The minimum atomic E-state index is -0.246. The van der Waals surface area contributed by atoms with Crippen molar-refractivity contribution in [1.82, 2.24) is 0 Å². The molecule has 0 bridgehead atoms. The molecule has 0 fully saturated rings. The Hall–Kier alpha value is -1.55. The summed E-state index contributed by atoms with van der Waals surface area (Å²) < 4.78 is 5.87. The first kappa shape index (κ1) is 14.9. The summed E-state index contributed by atoms with van der Waals surface area (Å²) in [5.74, 6) is 1.21. The van der Waals surface area contributed by atoms with Crippen LogP contribution in [0.3, 0.4) is 0 Å². The molecule has 0 aliphatic heterocycles. The van der Waals surface area contributed by atoms with Crippen molar-refractivity contribution in [1.29, 1.82) is 0 Å². The van der Waals surface area contributed by atoms with Gasteiger partial charge in [0.25, 0.3) is 0 Å².